The molecule has 2 aliphatic rings. The third kappa shape index (κ3) is 4.95. The second-order valence-corrected chi connectivity index (χ2v) is 9.20. The minimum atomic E-state index is -4.78. The smallest absolute Gasteiger partial charge is 0.374 e. The summed E-state index contributed by atoms with van der Waals surface area (Å²) in [4.78, 5) is 17.5. The normalized spacial score (nSPS) is 22.7. The number of nitrogens with zero attached hydrogens (tertiary/aromatic N) is 1. The van der Waals surface area contributed by atoms with Gasteiger partial charge in [-0.3, -0.25) is 8.98 Å². The highest BCUT2D eigenvalue weighted by Crippen LogP contribution is 2.49. The third-order valence-electron chi connectivity index (χ3n) is 5.36. The first-order valence-corrected chi connectivity index (χ1v) is 11.3. The first kappa shape index (κ1) is 24.2. The second-order valence-electron chi connectivity index (χ2n) is 7.68. The molecular formula is C21H18Cl2F3N3O3S. The van der Waals surface area contributed by atoms with Gasteiger partial charge in [0.05, 0.1) is 17.9 Å². The molecule has 12 heteroatoms. The number of carbonyl (C=O) groups excluding carboxylic acids is 1. The highest BCUT2D eigenvalue weighted by atomic mass is 35.5. The standard InChI is InChI=1S/C21H18Cl2F3N3O3S/c1-11-4-12(2-3-17(11)19(30)27-9-16-10-28-33-31-16)18-8-20(32-29-18,21(24,25)26)13-5-14(22)7-15(23)6-13/h2-7,16,28H,8-10H2,1H3,(H,27,30). The van der Waals surface area contributed by atoms with Crippen molar-refractivity contribution in [3.05, 3.63) is 68.7 Å². The maximum absolute atomic E-state index is 14.2. The topological polar surface area (TPSA) is 72.0 Å². The van der Waals surface area contributed by atoms with Crippen LogP contribution in [0.15, 0.2) is 41.6 Å². The first-order chi connectivity index (χ1) is 15.6. The summed E-state index contributed by atoms with van der Waals surface area (Å²) in [6.45, 7) is 2.64. The Balaban J connectivity index is 1.55. The maximum atomic E-state index is 14.2. The Kier molecular flexibility index (Phi) is 6.84. The Bertz CT molecular complexity index is 1090. The summed E-state index contributed by atoms with van der Waals surface area (Å²) in [7, 11) is 0. The number of rotatable bonds is 5. The van der Waals surface area contributed by atoms with E-state index in [0.29, 0.717) is 29.8 Å². The van der Waals surface area contributed by atoms with E-state index in [2.05, 4.69) is 15.2 Å². The number of amides is 1. The predicted molar refractivity (Wildman–Crippen MR) is 120 cm³/mol. The number of oxime groups is 1. The van der Waals surface area contributed by atoms with Crippen molar-refractivity contribution in [2.75, 3.05) is 13.1 Å². The quantitative estimate of drug-likeness (QED) is 0.421. The third-order valence-corrected chi connectivity index (χ3v) is 6.45. The van der Waals surface area contributed by atoms with Crippen molar-refractivity contribution < 1.29 is 27.0 Å². The van der Waals surface area contributed by atoms with Crippen LogP contribution in [0.1, 0.15) is 33.5 Å². The molecular weight excluding hydrogens is 502 g/mol. The monoisotopic (exact) mass is 519 g/mol. The van der Waals surface area contributed by atoms with Crippen LogP contribution < -0.4 is 10.0 Å². The summed E-state index contributed by atoms with van der Waals surface area (Å²) in [5, 5.41) is 6.65. The number of aryl methyl sites for hydroxylation is 1. The fourth-order valence-electron chi connectivity index (χ4n) is 3.61. The van der Waals surface area contributed by atoms with Gasteiger partial charge >= 0.3 is 6.18 Å². The van der Waals surface area contributed by atoms with E-state index >= 15 is 0 Å². The van der Waals surface area contributed by atoms with Gasteiger partial charge in [0.25, 0.3) is 11.5 Å². The fourth-order valence-corrected chi connectivity index (χ4v) is 4.73. The molecule has 2 N–H and O–H groups in total. The van der Waals surface area contributed by atoms with Crippen LogP contribution in [0.5, 0.6) is 0 Å². The highest BCUT2D eigenvalue weighted by molar-refractivity contribution is 7.92. The van der Waals surface area contributed by atoms with E-state index in [4.69, 9.17) is 32.2 Å². The summed E-state index contributed by atoms with van der Waals surface area (Å²) in [6, 6.07) is 8.38. The number of carbonyl (C=O) groups is 1. The first-order valence-electron chi connectivity index (χ1n) is 9.82. The van der Waals surface area contributed by atoms with E-state index in [0.717, 1.165) is 12.2 Å². The summed E-state index contributed by atoms with van der Waals surface area (Å²) >= 11 is 13.0. The SMILES string of the molecule is Cc1cc(C2=NOC(c3cc(Cl)cc(Cl)c3)(C(F)(F)F)C2)ccc1C(=O)NCC1CNSO1. The number of hydrogen-bond donors (Lipinski definition) is 2. The van der Waals surface area contributed by atoms with Crippen molar-refractivity contribution in [1.82, 2.24) is 10.0 Å². The number of hydrogen-bond acceptors (Lipinski definition) is 6. The van der Waals surface area contributed by atoms with Crippen molar-refractivity contribution in [3.63, 3.8) is 0 Å². The molecule has 0 saturated carbocycles. The Labute approximate surface area is 202 Å². The number of benzene rings is 2. The van der Waals surface area contributed by atoms with Gasteiger partial charge in [-0.25, -0.2) is 4.72 Å². The molecule has 2 aromatic carbocycles. The Hall–Kier alpha value is -1.98. The molecule has 0 aliphatic carbocycles. The van der Waals surface area contributed by atoms with E-state index in [9.17, 15) is 18.0 Å². The predicted octanol–water partition coefficient (Wildman–Crippen LogP) is 5.17. The molecule has 176 valence electrons. The molecule has 2 aromatic rings. The summed E-state index contributed by atoms with van der Waals surface area (Å²) in [6.07, 6.45) is -5.49. The molecule has 0 radical (unpaired) electrons. The molecule has 0 spiro atoms. The number of nitrogens with one attached hydrogen (secondary N) is 2. The lowest BCUT2D eigenvalue weighted by Gasteiger charge is -2.29. The van der Waals surface area contributed by atoms with Crippen LogP contribution >= 0.6 is 35.4 Å². The Morgan fingerprint density at radius 2 is 2.00 bits per heavy atom. The number of halogens is 5. The van der Waals surface area contributed by atoms with Crippen LogP contribution in [0.3, 0.4) is 0 Å². The minimum absolute atomic E-state index is 0.0572. The average Bonchev–Trinajstić information content (AvgIpc) is 3.41. The minimum Gasteiger partial charge on any atom is -0.374 e. The van der Waals surface area contributed by atoms with Crippen molar-refractivity contribution >= 4 is 47.0 Å². The number of alkyl halides is 3. The van der Waals surface area contributed by atoms with E-state index < -0.39 is 18.2 Å². The Morgan fingerprint density at radius 3 is 2.61 bits per heavy atom. The van der Waals surface area contributed by atoms with Crippen molar-refractivity contribution in [2.24, 2.45) is 5.16 Å². The molecule has 0 aromatic heterocycles. The van der Waals surface area contributed by atoms with E-state index in [-0.39, 0.29) is 33.3 Å². The molecule has 1 fully saturated rings. The molecule has 1 saturated heterocycles. The molecule has 33 heavy (non-hydrogen) atoms. The van der Waals surface area contributed by atoms with Crippen LogP contribution in [-0.2, 0) is 14.6 Å². The molecule has 0 bridgehead atoms. The van der Waals surface area contributed by atoms with Gasteiger partial charge in [0.15, 0.2) is 0 Å². The molecule has 6 nitrogen and oxygen atoms in total. The van der Waals surface area contributed by atoms with E-state index in [1.807, 2.05) is 0 Å². The van der Waals surface area contributed by atoms with Crippen molar-refractivity contribution in [3.8, 4) is 0 Å². The zero-order valence-corrected chi connectivity index (χ0v) is 19.5. The maximum Gasteiger partial charge on any atom is 0.435 e. The van der Waals surface area contributed by atoms with Gasteiger partial charge < -0.3 is 10.2 Å². The second kappa shape index (κ2) is 9.34. The van der Waals surface area contributed by atoms with Crippen LogP contribution in [-0.4, -0.2) is 37.0 Å². The van der Waals surface area contributed by atoms with Gasteiger partial charge in [-0.15, -0.1) is 0 Å². The summed E-state index contributed by atoms with van der Waals surface area (Å²) < 4.78 is 50.7. The lowest BCUT2D eigenvalue weighted by Crippen LogP contribution is -2.42. The molecule has 4 rings (SSSR count). The van der Waals surface area contributed by atoms with Gasteiger partial charge in [-0.05, 0) is 48.4 Å². The van der Waals surface area contributed by atoms with Gasteiger partial charge in [0, 0.05) is 40.7 Å². The Morgan fingerprint density at radius 1 is 1.27 bits per heavy atom. The summed E-state index contributed by atoms with van der Waals surface area (Å²) in [5.41, 5.74) is -1.44. The van der Waals surface area contributed by atoms with E-state index in [1.54, 1.807) is 25.1 Å². The lowest BCUT2D eigenvalue weighted by atomic mass is 9.86. The van der Waals surface area contributed by atoms with Crippen LogP contribution in [0.25, 0.3) is 0 Å². The van der Waals surface area contributed by atoms with Gasteiger partial charge in [0.1, 0.15) is 6.10 Å². The zero-order chi connectivity index (χ0) is 23.8. The average molecular weight is 520 g/mol. The summed E-state index contributed by atoms with van der Waals surface area (Å²) in [5.74, 6) is -0.303. The molecule has 2 aliphatic heterocycles. The van der Waals surface area contributed by atoms with Crippen molar-refractivity contribution in [2.45, 2.75) is 31.2 Å². The van der Waals surface area contributed by atoms with E-state index in [1.165, 1.54) is 18.2 Å². The van der Waals surface area contributed by atoms with Crippen LogP contribution in [0.4, 0.5) is 13.2 Å². The van der Waals surface area contributed by atoms with Gasteiger partial charge in [0.2, 0.25) is 0 Å². The highest BCUT2D eigenvalue weighted by Gasteiger charge is 2.62. The largest absolute Gasteiger partial charge is 0.435 e. The van der Waals surface area contributed by atoms with Gasteiger partial charge in [-0.1, -0.05) is 34.4 Å². The molecule has 1 amide bonds. The molecule has 2 heterocycles. The van der Waals surface area contributed by atoms with Crippen LogP contribution in [0.2, 0.25) is 10.0 Å². The molecule has 2 unspecified atom stereocenters. The van der Waals surface area contributed by atoms with Crippen LogP contribution in [0, 0.1) is 6.92 Å². The van der Waals surface area contributed by atoms with Crippen molar-refractivity contribution in [1.29, 1.82) is 0 Å². The van der Waals surface area contributed by atoms with Gasteiger partial charge in [-0.2, -0.15) is 13.2 Å². The fraction of sp³-hybridized carbons (Fsp3) is 0.333. The molecule has 2 atom stereocenters. The zero-order valence-electron chi connectivity index (χ0n) is 17.1. The lowest BCUT2D eigenvalue weighted by molar-refractivity contribution is -0.275.